The van der Waals surface area contributed by atoms with Crippen LogP contribution in [0.4, 0.5) is 4.39 Å². The first-order valence-corrected chi connectivity index (χ1v) is 5.13. The molecule has 0 saturated heterocycles. The number of benzene rings is 1. The number of aryl methyl sites for hydroxylation is 1. The lowest BCUT2D eigenvalue weighted by Gasteiger charge is -2.04. The second kappa shape index (κ2) is 6.05. The minimum atomic E-state index is -0.328. The predicted molar refractivity (Wildman–Crippen MR) is 60.5 cm³/mol. The molecule has 0 spiro atoms. The highest BCUT2D eigenvalue weighted by molar-refractivity contribution is 5.69. The van der Waals surface area contributed by atoms with Crippen LogP contribution in [0.25, 0.3) is 0 Å². The van der Waals surface area contributed by atoms with E-state index in [9.17, 15) is 9.18 Å². The summed E-state index contributed by atoms with van der Waals surface area (Å²) in [5.74, 6) is -0.610. The number of hydrogen-bond donors (Lipinski definition) is 0. The van der Waals surface area contributed by atoms with E-state index in [0.717, 1.165) is 5.57 Å². The molecule has 0 aromatic heterocycles. The van der Waals surface area contributed by atoms with Gasteiger partial charge in [-0.2, -0.15) is 0 Å². The Kier molecular flexibility index (Phi) is 4.70. The molecule has 0 aliphatic carbocycles. The van der Waals surface area contributed by atoms with E-state index in [2.05, 4.69) is 6.58 Å². The van der Waals surface area contributed by atoms with Gasteiger partial charge in [0.05, 0.1) is 0 Å². The molecule has 0 aliphatic rings. The SMILES string of the molecule is C=C(C)COC(=O)CCc1ccccc1F. The molecule has 0 heterocycles. The van der Waals surface area contributed by atoms with Gasteiger partial charge in [-0.25, -0.2) is 4.39 Å². The molecule has 0 fully saturated rings. The summed E-state index contributed by atoms with van der Waals surface area (Å²) in [6, 6.07) is 6.42. The highest BCUT2D eigenvalue weighted by Gasteiger charge is 2.06. The van der Waals surface area contributed by atoms with Crippen LogP contribution in [0.2, 0.25) is 0 Å². The van der Waals surface area contributed by atoms with Crippen molar-refractivity contribution in [2.75, 3.05) is 6.61 Å². The third kappa shape index (κ3) is 4.26. The quantitative estimate of drug-likeness (QED) is 0.565. The lowest BCUT2D eigenvalue weighted by molar-refractivity contribution is -0.142. The van der Waals surface area contributed by atoms with Crippen molar-refractivity contribution in [2.45, 2.75) is 19.8 Å². The van der Waals surface area contributed by atoms with Gasteiger partial charge in [-0.15, -0.1) is 0 Å². The summed E-state index contributed by atoms with van der Waals surface area (Å²) >= 11 is 0. The van der Waals surface area contributed by atoms with E-state index >= 15 is 0 Å². The van der Waals surface area contributed by atoms with Crippen molar-refractivity contribution in [2.24, 2.45) is 0 Å². The van der Waals surface area contributed by atoms with Gasteiger partial charge in [-0.05, 0) is 30.5 Å². The van der Waals surface area contributed by atoms with E-state index in [4.69, 9.17) is 4.74 Å². The third-order valence-corrected chi connectivity index (χ3v) is 2.04. The van der Waals surface area contributed by atoms with Crippen LogP contribution in [0.15, 0.2) is 36.4 Å². The third-order valence-electron chi connectivity index (χ3n) is 2.04. The average molecular weight is 222 g/mol. The number of rotatable bonds is 5. The van der Waals surface area contributed by atoms with Crippen molar-refractivity contribution in [1.29, 1.82) is 0 Å². The maximum atomic E-state index is 13.2. The number of halogens is 1. The number of esters is 1. The second-order valence-corrected chi connectivity index (χ2v) is 3.71. The number of ether oxygens (including phenoxy) is 1. The molecule has 0 aliphatic heterocycles. The maximum absolute atomic E-state index is 13.2. The standard InChI is InChI=1S/C13H15FO2/c1-10(2)9-16-13(15)8-7-11-5-3-4-6-12(11)14/h3-6H,1,7-9H2,2H3. The van der Waals surface area contributed by atoms with E-state index in [0.29, 0.717) is 12.0 Å². The molecule has 0 amide bonds. The van der Waals surface area contributed by atoms with Crippen LogP contribution in [0, 0.1) is 5.82 Å². The van der Waals surface area contributed by atoms with Gasteiger partial charge in [0.15, 0.2) is 0 Å². The fourth-order valence-electron chi connectivity index (χ4n) is 1.21. The van der Waals surface area contributed by atoms with Crippen LogP contribution in [-0.2, 0) is 16.0 Å². The van der Waals surface area contributed by atoms with E-state index in [1.807, 2.05) is 0 Å². The molecule has 86 valence electrons. The summed E-state index contributed by atoms with van der Waals surface area (Å²) in [5.41, 5.74) is 1.33. The Morgan fingerprint density at radius 2 is 2.12 bits per heavy atom. The predicted octanol–water partition coefficient (Wildman–Crippen LogP) is 2.88. The van der Waals surface area contributed by atoms with Crippen molar-refractivity contribution in [1.82, 2.24) is 0 Å². The lowest BCUT2D eigenvalue weighted by Crippen LogP contribution is -2.07. The minimum absolute atomic E-state index is 0.189. The van der Waals surface area contributed by atoms with Crippen LogP contribution in [0.3, 0.4) is 0 Å². The van der Waals surface area contributed by atoms with Crippen molar-refractivity contribution < 1.29 is 13.9 Å². The highest BCUT2D eigenvalue weighted by Crippen LogP contribution is 2.09. The van der Waals surface area contributed by atoms with Crippen molar-refractivity contribution in [3.63, 3.8) is 0 Å². The molecule has 0 unspecified atom stereocenters. The molecule has 0 N–H and O–H groups in total. The molecular weight excluding hydrogens is 207 g/mol. The summed E-state index contributed by atoms with van der Waals surface area (Å²) < 4.78 is 18.1. The summed E-state index contributed by atoms with van der Waals surface area (Å²) in [6.07, 6.45) is 0.551. The molecule has 0 atom stereocenters. The smallest absolute Gasteiger partial charge is 0.306 e. The zero-order valence-electron chi connectivity index (χ0n) is 9.33. The molecule has 0 radical (unpaired) electrons. The van der Waals surface area contributed by atoms with E-state index in [-0.39, 0.29) is 24.8 Å². The largest absolute Gasteiger partial charge is 0.461 e. The first-order valence-electron chi connectivity index (χ1n) is 5.13. The Morgan fingerprint density at radius 3 is 2.75 bits per heavy atom. The van der Waals surface area contributed by atoms with Crippen molar-refractivity contribution >= 4 is 5.97 Å². The summed E-state index contributed by atoms with van der Waals surface area (Å²) in [5, 5.41) is 0. The Hall–Kier alpha value is -1.64. The fourth-order valence-corrected chi connectivity index (χ4v) is 1.21. The van der Waals surface area contributed by atoms with Gasteiger partial charge in [-0.3, -0.25) is 4.79 Å². The molecule has 1 aromatic carbocycles. The van der Waals surface area contributed by atoms with Crippen LogP contribution in [0.1, 0.15) is 18.9 Å². The zero-order chi connectivity index (χ0) is 12.0. The summed E-state index contributed by atoms with van der Waals surface area (Å²) in [4.78, 5) is 11.2. The maximum Gasteiger partial charge on any atom is 0.306 e. The van der Waals surface area contributed by atoms with Crippen LogP contribution in [0.5, 0.6) is 0 Å². The molecule has 2 nitrogen and oxygen atoms in total. The number of hydrogen-bond acceptors (Lipinski definition) is 2. The summed E-state index contributed by atoms with van der Waals surface area (Å²) in [6.45, 7) is 5.64. The van der Waals surface area contributed by atoms with Gasteiger partial charge in [-0.1, -0.05) is 24.8 Å². The van der Waals surface area contributed by atoms with Gasteiger partial charge in [0.25, 0.3) is 0 Å². The number of carbonyl (C=O) groups excluding carboxylic acids is 1. The normalized spacial score (nSPS) is 9.88. The van der Waals surface area contributed by atoms with Crippen molar-refractivity contribution in [3.8, 4) is 0 Å². The molecule has 1 aromatic rings. The average Bonchev–Trinajstić information content (AvgIpc) is 2.25. The van der Waals surface area contributed by atoms with E-state index < -0.39 is 0 Å². The van der Waals surface area contributed by atoms with E-state index in [1.165, 1.54) is 6.07 Å². The topological polar surface area (TPSA) is 26.3 Å². The highest BCUT2D eigenvalue weighted by atomic mass is 19.1. The molecule has 16 heavy (non-hydrogen) atoms. The Morgan fingerprint density at radius 1 is 1.44 bits per heavy atom. The monoisotopic (exact) mass is 222 g/mol. The molecule has 3 heteroatoms. The molecule has 0 bridgehead atoms. The molecule has 0 saturated carbocycles. The Bertz CT molecular complexity index is 385. The van der Waals surface area contributed by atoms with Gasteiger partial charge in [0.2, 0.25) is 0 Å². The van der Waals surface area contributed by atoms with E-state index in [1.54, 1.807) is 25.1 Å². The Balaban J connectivity index is 2.37. The molecule has 1 rings (SSSR count). The number of carbonyl (C=O) groups is 1. The van der Waals surface area contributed by atoms with Gasteiger partial charge < -0.3 is 4.74 Å². The van der Waals surface area contributed by atoms with Crippen LogP contribution < -0.4 is 0 Å². The van der Waals surface area contributed by atoms with Crippen LogP contribution in [-0.4, -0.2) is 12.6 Å². The fraction of sp³-hybridized carbons (Fsp3) is 0.308. The first-order chi connectivity index (χ1) is 7.59. The summed E-state index contributed by atoms with van der Waals surface area (Å²) in [7, 11) is 0. The van der Waals surface area contributed by atoms with Gasteiger partial charge in [0, 0.05) is 6.42 Å². The lowest BCUT2D eigenvalue weighted by atomic mass is 10.1. The Labute approximate surface area is 94.7 Å². The first kappa shape index (κ1) is 12.4. The van der Waals surface area contributed by atoms with Gasteiger partial charge in [0.1, 0.15) is 12.4 Å². The zero-order valence-corrected chi connectivity index (χ0v) is 9.33. The second-order valence-electron chi connectivity index (χ2n) is 3.71. The minimum Gasteiger partial charge on any atom is -0.461 e. The molecular formula is C13H15FO2. The van der Waals surface area contributed by atoms with Crippen LogP contribution >= 0.6 is 0 Å². The van der Waals surface area contributed by atoms with Crippen molar-refractivity contribution in [3.05, 3.63) is 47.8 Å². The van der Waals surface area contributed by atoms with Gasteiger partial charge >= 0.3 is 5.97 Å².